The van der Waals surface area contributed by atoms with Crippen molar-refractivity contribution >= 4 is 5.97 Å². The predicted octanol–water partition coefficient (Wildman–Crippen LogP) is 1.02. The topological polar surface area (TPSA) is 57.5 Å². The Morgan fingerprint density at radius 2 is 1.67 bits per heavy atom. The minimum atomic E-state index is -5.15. The summed E-state index contributed by atoms with van der Waals surface area (Å²) < 4.78 is 35.9. The van der Waals surface area contributed by atoms with Crippen molar-refractivity contribution in [1.82, 2.24) is 0 Å². The van der Waals surface area contributed by atoms with Crippen molar-refractivity contribution in [1.29, 1.82) is 0 Å². The van der Waals surface area contributed by atoms with E-state index in [1.165, 1.54) is 0 Å². The number of aliphatic carboxylic acids is 1. The molecule has 0 aliphatic rings. The second-order valence-corrected chi connectivity index (χ2v) is 2.72. The van der Waals surface area contributed by atoms with E-state index in [1.54, 1.807) is 0 Å². The molecule has 0 saturated heterocycles. The van der Waals surface area contributed by atoms with Crippen LogP contribution in [0.15, 0.2) is 0 Å². The van der Waals surface area contributed by atoms with Crippen LogP contribution in [0.25, 0.3) is 0 Å². The molecule has 6 heteroatoms. The van der Waals surface area contributed by atoms with E-state index in [9.17, 15) is 18.0 Å². The van der Waals surface area contributed by atoms with E-state index in [1.807, 2.05) is 0 Å². The minimum absolute atomic E-state index is 0.988. The number of carboxylic acid groups (broad SMARTS) is 1. The fraction of sp³-hybridized carbons (Fsp3) is 0.833. The Hall–Kier alpha value is -0.780. The minimum Gasteiger partial charge on any atom is -0.479 e. The van der Waals surface area contributed by atoms with Crippen LogP contribution in [0.5, 0.6) is 0 Å². The fourth-order valence-corrected chi connectivity index (χ4v) is 0.696. The van der Waals surface area contributed by atoms with E-state index in [0.29, 0.717) is 0 Å². The highest BCUT2D eigenvalue weighted by Crippen LogP contribution is 2.36. The summed E-state index contributed by atoms with van der Waals surface area (Å²) in [7, 11) is 0. The van der Waals surface area contributed by atoms with Crippen molar-refractivity contribution in [3.8, 4) is 0 Å². The molecule has 0 bridgehead atoms. The first-order chi connectivity index (χ1) is 5.14. The fourth-order valence-electron chi connectivity index (χ4n) is 0.696. The molecule has 0 rings (SSSR count). The van der Waals surface area contributed by atoms with Crippen LogP contribution in [0.1, 0.15) is 13.8 Å². The molecule has 1 atom stereocenters. The lowest BCUT2D eigenvalue weighted by molar-refractivity contribution is -0.272. The van der Waals surface area contributed by atoms with Gasteiger partial charge in [0.1, 0.15) is 0 Å². The average Bonchev–Trinajstić information content (AvgIpc) is 1.82. The molecule has 12 heavy (non-hydrogen) atoms. The molecule has 3 nitrogen and oxygen atoms in total. The Kier molecular flexibility index (Phi) is 2.74. The molecular weight excluding hydrogens is 177 g/mol. The normalized spacial score (nSPS) is 17.6. The highest BCUT2D eigenvalue weighted by molar-refractivity contribution is 5.78. The van der Waals surface area contributed by atoms with Gasteiger partial charge in [0.15, 0.2) is 0 Å². The predicted molar refractivity (Wildman–Crippen MR) is 33.5 cm³/mol. The van der Waals surface area contributed by atoms with E-state index < -0.39 is 23.7 Å². The van der Waals surface area contributed by atoms with Crippen molar-refractivity contribution in [3.05, 3.63) is 0 Å². The van der Waals surface area contributed by atoms with Gasteiger partial charge in [0.25, 0.3) is 5.60 Å². The molecule has 0 heterocycles. The summed E-state index contributed by atoms with van der Waals surface area (Å²) in [5.41, 5.74) is -3.65. The summed E-state index contributed by atoms with van der Waals surface area (Å²) >= 11 is 0. The van der Waals surface area contributed by atoms with Gasteiger partial charge in [-0.2, -0.15) is 13.2 Å². The zero-order chi connectivity index (χ0) is 10.2. The maximum Gasteiger partial charge on any atom is 0.428 e. The standard InChI is InChI=1S/C6H9F3O3/c1-3(2)5(12,4(10)11)6(7,8)9/h3,12H,1-2H3,(H,10,11). The van der Waals surface area contributed by atoms with E-state index in [-0.39, 0.29) is 0 Å². The van der Waals surface area contributed by atoms with Gasteiger partial charge in [-0.15, -0.1) is 0 Å². The van der Waals surface area contributed by atoms with Gasteiger partial charge in [-0.3, -0.25) is 0 Å². The van der Waals surface area contributed by atoms with Gasteiger partial charge >= 0.3 is 12.1 Å². The van der Waals surface area contributed by atoms with Gasteiger partial charge in [0.05, 0.1) is 0 Å². The lowest BCUT2D eigenvalue weighted by Crippen LogP contribution is -2.55. The van der Waals surface area contributed by atoms with Crippen molar-refractivity contribution in [2.24, 2.45) is 5.92 Å². The first-order valence-electron chi connectivity index (χ1n) is 3.16. The second-order valence-electron chi connectivity index (χ2n) is 2.72. The number of hydrogen-bond acceptors (Lipinski definition) is 2. The SMILES string of the molecule is CC(C)C(O)(C(=O)O)C(F)(F)F. The van der Waals surface area contributed by atoms with Gasteiger partial charge in [-0.05, 0) is 0 Å². The number of alkyl halides is 3. The number of carbonyl (C=O) groups is 1. The zero-order valence-electron chi connectivity index (χ0n) is 6.51. The molecule has 0 aromatic rings. The van der Waals surface area contributed by atoms with Crippen LogP contribution in [-0.2, 0) is 4.79 Å². The van der Waals surface area contributed by atoms with Crippen molar-refractivity contribution < 1.29 is 28.2 Å². The van der Waals surface area contributed by atoms with Crippen molar-refractivity contribution in [3.63, 3.8) is 0 Å². The number of carboxylic acids is 1. The van der Waals surface area contributed by atoms with Gasteiger partial charge in [-0.1, -0.05) is 13.8 Å². The van der Waals surface area contributed by atoms with Gasteiger partial charge in [0, 0.05) is 5.92 Å². The van der Waals surface area contributed by atoms with Crippen LogP contribution in [0.4, 0.5) is 13.2 Å². The molecule has 2 N–H and O–H groups in total. The van der Waals surface area contributed by atoms with Crippen LogP contribution in [-0.4, -0.2) is 28.0 Å². The summed E-state index contributed by atoms with van der Waals surface area (Å²) in [5, 5.41) is 16.9. The third-order valence-electron chi connectivity index (χ3n) is 1.59. The van der Waals surface area contributed by atoms with Gasteiger partial charge < -0.3 is 10.2 Å². The monoisotopic (exact) mass is 186 g/mol. The Labute approximate surface area is 66.8 Å². The third kappa shape index (κ3) is 1.52. The molecule has 0 spiro atoms. The lowest BCUT2D eigenvalue weighted by atomic mass is 9.90. The Morgan fingerprint density at radius 1 is 1.33 bits per heavy atom. The molecule has 0 amide bonds. The number of hydrogen-bond donors (Lipinski definition) is 2. The molecule has 72 valence electrons. The summed E-state index contributed by atoms with van der Waals surface area (Å²) in [5.74, 6) is -3.69. The summed E-state index contributed by atoms with van der Waals surface area (Å²) in [6.45, 7) is 1.98. The zero-order valence-corrected chi connectivity index (χ0v) is 6.51. The molecule has 0 aliphatic carbocycles. The number of halogens is 3. The summed E-state index contributed by atoms with van der Waals surface area (Å²) in [4.78, 5) is 10.1. The number of rotatable bonds is 2. The molecule has 0 radical (unpaired) electrons. The maximum atomic E-state index is 12.0. The molecule has 0 aromatic carbocycles. The molecule has 0 aromatic heterocycles. The van der Waals surface area contributed by atoms with E-state index in [2.05, 4.69) is 0 Å². The number of aliphatic hydroxyl groups is 1. The maximum absolute atomic E-state index is 12.0. The van der Waals surface area contributed by atoms with Crippen molar-refractivity contribution in [2.45, 2.75) is 25.6 Å². The highest BCUT2D eigenvalue weighted by atomic mass is 19.4. The van der Waals surface area contributed by atoms with Crippen molar-refractivity contribution in [2.75, 3.05) is 0 Å². The summed E-state index contributed by atoms with van der Waals surface area (Å²) in [6.07, 6.45) is -5.15. The Balaban J connectivity index is 5.02. The van der Waals surface area contributed by atoms with E-state index in [0.717, 1.165) is 13.8 Å². The molecule has 0 saturated carbocycles. The first kappa shape index (κ1) is 11.2. The quantitative estimate of drug-likeness (QED) is 0.676. The third-order valence-corrected chi connectivity index (χ3v) is 1.59. The van der Waals surface area contributed by atoms with E-state index in [4.69, 9.17) is 10.2 Å². The van der Waals surface area contributed by atoms with Crippen LogP contribution in [0.2, 0.25) is 0 Å². The van der Waals surface area contributed by atoms with Crippen LogP contribution >= 0.6 is 0 Å². The Bertz CT molecular complexity index is 187. The average molecular weight is 186 g/mol. The summed E-state index contributed by atoms with van der Waals surface area (Å²) in [6, 6.07) is 0. The van der Waals surface area contributed by atoms with E-state index >= 15 is 0 Å². The van der Waals surface area contributed by atoms with Crippen LogP contribution < -0.4 is 0 Å². The largest absolute Gasteiger partial charge is 0.479 e. The van der Waals surface area contributed by atoms with Gasteiger partial charge in [0.2, 0.25) is 0 Å². The highest BCUT2D eigenvalue weighted by Gasteiger charge is 2.61. The van der Waals surface area contributed by atoms with Crippen LogP contribution in [0, 0.1) is 5.92 Å². The van der Waals surface area contributed by atoms with Gasteiger partial charge in [-0.25, -0.2) is 4.79 Å². The smallest absolute Gasteiger partial charge is 0.428 e. The Morgan fingerprint density at radius 3 is 1.67 bits per heavy atom. The molecule has 0 fully saturated rings. The molecule has 1 unspecified atom stereocenters. The molecular formula is C6H9F3O3. The second kappa shape index (κ2) is 2.93. The molecule has 0 aliphatic heterocycles. The van der Waals surface area contributed by atoms with Crippen LogP contribution in [0.3, 0.4) is 0 Å². The first-order valence-corrected chi connectivity index (χ1v) is 3.16. The lowest BCUT2D eigenvalue weighted by Gasteiger charge is -2.29.